The van der Waals surface area contributed by atoms with Crippen molar-refractivity contribution in [2.45, 2.75) is 13.8 Å². The Labute approximate surface area is 191 Å². The molecule has 0 atom stereocenters. The Morgan fingerprint density at radius 2 is 1.24 bits per heavy atom. The molecule has 1 aromatic heterocycles. The molecule has 3 aromatic carbocycles. The number of benzene rings is 3. The zero-order valence-corrected chi connectivity index (χ0v) is 18.2. The van der Waals surface area contributed by atoms with Gasteiger partial charge in [0.25, 0.3) is 0 Å². The van der Waals surface area contributed by atoms with Gasteiger partial charge < -0.3 is 21.3 Å². The quantitative estimate of drug-likeness (QED) is 0.279. The van der Waals surface area contributed by atoms with Crippen LogP contribution in [0.25, 0.3) is 0 Å². The zero-order chi connectivity index (χ0) is 23.2. The van der Waals surface area contributed by atoms with Gasteiger partial charge >= 0.3 is 6.03 Å². The van der Waals surface area contributed by atoms with Gasteiger partial charge in [0.15, 0.2) is 0 Å². The number of halogens is 1. The smallest absolute Gasteiger partial charge is 0.323 e. The second-order valence-electron chi connectivity index (χ2n) is 7.47. The minimum Gasteiger partial charge on any atom is -0.340 e. The normalized spacial score (nSPS) is 10.4. The third kappa shape index (κ3) is 6.27. The number of aromatic nitrogens is 2. The van der Waals surface area contributed by atoms with Crippen LogP contribution in [0.3, 0.4) is 0 Å². The van der Waals surface area contributed by atoms with Gasteiger partial charge in [0.05, 0.1) is 0 Å². The van der Waals surface area contributed by atoms with E-state index in [2.05, 4.69) is 31.2 Å². The lowest BCUT2D eigenvalue weighted by molar-refractivity contribution is 0.262. The van der Waals surface area contributed by atoms with Gasteiger partial charge in [-0.15, -0.1) is 0 Å². The summed E-state index contributed by atoms with van der Waals surface area (Å²) in [6.07, 6.45) is 0. The van der Waals surface area contributed by atoms with E-state index in [4.69, 9.17) is 0 Å². The van der Waals surface area contributed by atoms with Crippen LogP contribution >= 0.6 is 0 Å². The minimum absolute atomic E-state index is 0.375. The highest BCUT2D eigenvalue weighted by Gasteiger charge is 2.06. The molecule has 8 heteroatoms. The van der Waals surface area contributed by atoms with Crippen molar-refractivity contribution in [1.82, 2.24) is 9.97 Å². The lowest BCUT2D eigenvalue weighted by Gasteiger charge is -2.11. The van der Waals surface area contributed by atoms with Gasteiger partial charge in [0.1, 0.15) is 23.3 Å². The molecule has 0 saturated carbocycles. The van der Waals surface area contributed by atoms with Crippen LogP contribution in [-0.2, 0) is 0 Å². The first-order valence-corrected chi connectivity index (χ1v) is 10.3. The molecule has 0 aliphatic heterocycles. The molecule has 0 radical (unpaired) electrons. The number of carbonyl (C=O) groups is 1. The second kappa shape index (κ2) is 9.78. The molecule has 0 saturated heterocycles. The number of amides is 2. The van der Waals surface area contributed by atoms with E-state index in [9.17, 15) is 9.18 Å². The molecule has 0 unspecified atom stereocenters. The highest BCUT2D eigenvalue weighted by atomic mass is 19.1. The van der Waals surface area contributed by atoms with Crippen molar-refractivity contribution in [3.05, 3.63) is 96.1 Å². The van der Waals surface area contributed by atoms with Crippen LogP contribution in [0.4, 0.5) is 43.6 Å². The van der Waals surface area contributed by atoms with Crippen molar-refractivity contribution in [3.63, 3.8) is 0 Å². The van der Waals surface area contributed by atoms with Gasteiger partial charge in [-0.25, -0.2) is 19.2 Å². The average molecular weight is 442 g/mol. The van der Waals surface area contributed by atoms with Crippen LogP contribution in [0.5, 0.6) is 0 Å². The van der Waals surface area contributed by atoms with Crippen molar-refractivity contribution in [2.24, 2.45) is 0 Å². The summed E-state index contributed by atoms with van der Waals surface area (Å²) in [5, 5.41) is 11.8. The first-order valence-electron chi connectivity index (χ1n) is 10.3. The standard InChI is InChI=1S/C25H23FN6O/c1-16-6-8-19(9-7-16)29-23-15-24(28-17(2)27-23)30-20-10-12-21(13-11-20)31-25(33)32-22-5-3-4-18(26)14-22/h3-15H,1-2H3,(H2,31,32,33)(H2,27,28,29,30). The van der Waals surface area contributed by atoms with Crippen LogP contribution < -0.4 is 21.3 Å². The van der Waals surface area contributed by atoms with Crippen LogP contribution in [0, 0.1) is 19.7 Å². The molecule has 0 bridgehead atoms. The van der Waals surface area contributed by atoms with Crippen molar-refractivity contribution < 1.29 is 9.18 Å². The molecule has 0 aliphatic carbocycles. The molecule has 166 valence electrons. The third-order valence-corrected chi connectivity index (χ3v) is 4.66. The molecule has 33 heavy (non-hydrogen) atoms. The summed E-state index contributed by atoms with van der Waals surface area (Å²) in [5.41, 5.74) is 3.89. The van der Waals surface area contributed by atoms with Gasteiger partial charge in [0, 0.05) is 28.8 Å². The Hall–Kier alpha value is -4.46. The maximum atomic E-state index is 13.2. The Morgan fingerprint density at radius 3 is 1.85 bits per heavy atom. The third-order valence-electron chi connectivity index (χ3n) is 4.66. The van der Waals surface area contributed by atoms with Crippen LogP contribution in [-0.4, -0.2) is 16.0 Å². The van der Waals surface area contributed by atoms with E-state index in [0.29, 0.717) is 28.8 Å². The summed E-state index contributed by atoms with van der Waals surface area (Å²) in [7, 11) is 0. The maximum Gasteiger partial charge on any atom is 0.323 e. The van der Waals surface area contributed by atoms with Gasteiger partial charge in [-0.05, 0) is 68.4 Å². The molecule has 4 N–H and O–H groups in total. The highest BCUT2D eigenvalue weighted by molar-refractivity contribution is 5.99. The molecule has 0 fully saturated rings. The monoisotopic (exact) mass is 442 g/mol. The van der Waals surface area contributed by atoms with Gasteiger partial charge in [-0.2, -0.15) is 0 Å². The van der Waals surface area contributed by atoms with E-state index in [1.807, 2.05) is 56.3 Å². The number of nitrogens with one attached hydrogen (secondary N) is 4. The fourth-order valence-corrected chi connectivity index (χ4v) is 3.12. The average Bonchev–Trinajstić information content (AvgIpc) is 2.76. The predicted molar refractivity (Wildman–Crippen MR) is 130 cm³/mol. The van der Waals surface area contributed by atoms with Gasteiger partial charge in [-0.1, -0.05) is 23.8 Å². The van der Waals surface area contributed by atoms with Crippen molar-refractivity contribution in [1.29, 1.82) is 0 Å². The van der Waals surface area contributed by atoms with E-state index in [-0.39, 0.29) is 0 Å². The van der Waals surface area contributed by atoms with Crippen LogP contribution in [0.2, 0.25) is 0 Å². The lowest BCUT2D eigenvalue weighted by atomic mass is 10.2. The van der Waals surface area contributed by atoms with Crippen molar-refractivity contribution >= 4 is 40.4 Å². The van der Waals surface area contributed by atoms with Gasteiger partial charge in [0.2, 0.25) is 0 Å². The Bertz CT molecular complexity index is 1260. The summed E-state index contributed by atoms with van der Waals surface area (Å²) in [4.78, 5) is 21.0. The van der Waals surface area contributed by atoms with Crippen LogP contribution in [0.15, 0.2) is 78.9 Å². The van der Waals surface area contributed by atoms with E-state index in [1.165, 1.54) is 23.8 Å². The minimum atomic E-state index is -0.459. The second-order valence-corrected chi connectivity index (χ2v) is 7.47. The van der Waals surface area contributed by atoms with Crippen molar-refractivity contribution in [3.8, 4) is 0 Å². The number of hydrogen-bond donors (Lipinski definition) is 4. The number of nitrogens with zero attached hydrogens (tertiary/aromatic N) is 2. The predicted octanol–water partition coefficient (Wildman–Crippen LogP) is 6.36. The Kier molecular flexibility index (Phi) is 6.45. The van der Waals surface area contributed by atoms with E-state index < -0.39 is 11.8 Å². The number of carbonyl (C=O) groups excluding carboxylic acids is 1. The number of aryl methyl sites for hydroxylation is 2. The molecule has 0 aliphatic rings. The summed E-state index contributed by atoms with van der Waals surface area (Å²) >= 11 is 0. The zero-order valence-electron chi connectivity index (χ0n) is 18.2. The molecule has 4 aromatic rings. The first kappa shape index (κ1) is 21.8. The number of rotatable bonds is 6. The van der Waals surface area contributed by atoms with Crippen molar-refractivity contribution in [2.75, 3.05) is 21.3 Å². The molecule has 0 spiro atoms. The number of anilines is 6. The van der Waals surface area contributed by atoms with E-state index in [1.54, 1.807) is 18.2 Å². The highest BCUT2D eigenvalue weighted by Crippen LogP contribution is 2.22. The fraction of sp³-hybridized carbons (Fsp3) is 0.0800. The number of urea groups is 1. The largest absolute Gasteiger partial charge is 0.340 e. The van der Waals surface area contributed by atoms with Crippen LogP contribution in [0.1, 0.15) is 11.4 Å². The summed E-state index contributed by atoms with van der Waals surface area (Å²) in [5.74, 6) is 1.53. The molecule has 4 rings (SSSR count). The summed E-state index contributed by atoms with van der Waals surface area (Å²) < 4.78 is 13.2. The van der Waals surface area contributed by atoms with E-state index >= 15 is 0 Å². The molecule has 1 heterocycles. The fourth-order valence-electron chi connectivity index (χ4n) is 3.12. The first-order chi connectivity index (χ1) is 15.9. The Balaban J connectivity index is 1.38. The topological polar surface area (TPSA) is 91.0 Å². The molecular formula is C25H23FN6O. The summed E-state index contributed by atoms with van der Waals surface area (Å²) in [6, 6.07) is 22.3. The SMILES string of the molecule is Cc1ccc(Nc2cc(Nc3ccc(NC(=O)Nc4cccc(F)c4)cc3)nc(C)n2)cc1. The molecular weight excluding hydrogens is 419 g/mol. The number of hydrogen-bond acceptors (Lipinski definition) is 5. The molecule has 2 amide bonds. The maximum absolute atomic E-state index is 13.2. The van der Waals surface area contributed by atoms with Gasteiger partial charge in [-0.3, -0.25) is 0 Å². The Morgan fingerprint density at radius 1 is 0.697 bits per heavy atom. The van der Waals surface area contributed by atoms with E-state index in [0.717, 1.165) is 11.4 Å². The summed E-state index contributed by atoms with van der Waals surface area (Å²) in [6.45, 7) is 3.87. The lowest BCUT2D eigenvalue weighted by Crippen LogP contribution is -2.19. The molecule has 7 nitrogen and oxygen atoms in total.